The highest BCUT2D eigenvalue weighted by Crippen LogP contribution is 2.11. The third-order valence-electron chi connectivity index (χ3n) is 2.59. The van der Waals surface area contributed by atoms with E-state index in [0.29, 0.717) is 6.61 Å². The van der Waals surface area contributed by atoms with Gasteiger partial charge in [-0.1, -0.05) is 63.3 Å². The van der Waals surface area contributed by atoms with E-state index >= 15 is 0 Å². The van der Waals surface area contributed by atoms with Crippen molar-refractivity contribution in [2.24, 2.45) is 0 Å². The molecule has 0 saturated carbocycles. The molecule has 18 heavy (non-hydrogen) atoms. The topological polar surface area (TPSA) is 9.23 Å². The fourth-order valence-electron chi connectivity index (χ4n) is 1.56. The summed E-state index contributed by atoms with van der Waals surface area (Å²) in [5, 5.41) is 0. The first-order chi connectivity index (χ1) is 8.86. The highest BCUT2D eigenvalue weighted by molar-refractivity contribution is 5.18. The lowest BCUT2D eigenvalue weighted by Gasteiger charge is -2.12. The van der Waals surface area contributed by atoms with Crippen molar-refractivity contribution >= 4 is 0 Å². The molecule has 0 spiro atoms. The minimum absolute atomic E-state index is 0.264. The van der Waals surface area contributed by atoms with Gasteiger partial charge in [-0.2, -0.15) is 0 Å². The van der Waals surface area contributed by atoms with Crippen molar-refractivity contribution in [3.05, 3.63) is 48.1 Å². The molecule has 1 unspecified atom stereocenters. The van der Waals surface area contributed by atoms with Crippen LogP contribution in [0.25, 0.3) is 0 Å². The van der Waals surface area contributed by atoms with Gasteiger partial charge < -0.3 is 4.74 Å². The van der Waals surface area contributed by atoms with Gasteiger partial charge in [0, 0.05) is 0 Å². The average molecular weight is 248 g/mol. The molecule has 1 aliphatic carbocycles. The van der Waals surface area contributed by atoms with Crippen LogP contribution in [0.5, 0.6) is 0 Å². The third-order valence-corrected chi connectivity index (χ3v) is 2.59. The summed E-state index contributed by atoms with van der Waals surface area (Å²) in [6.45, 7) is 8.91. The normalized spacial score (nSPS) is 19.6. The van der Waals surface area contributed by atoms with Gasteiger partial charge >= 0.3 is 0 Å². The quantitative estimate of drug-likeness (QED) is 0.606. The van der Waals surface area contributed by atoms with Crippen molar-refractivity contribution < 1.29 is 4.74 Å². The Hall–Kier alpha value is -1.08. The molecule has 0 aromatic carbocycles. The van der Waals surface area contributed by atoms with Gasteiger partial charge in [0.05, 0.1) is 12.7 Å². The van der Waals surface area contributed by atoms with Crippen LogP contribution in [0.15, 0.2) is 48.1 Å². The lowest BCUT2D eigenvalue weighted by molar-refractivity contribution is 0.100. The zero-order valence-corrected chi connectivity index (χ0v) is 12.4. The van der Waals surface area contributed by atoms with E-state index in [-0.39, 0.29) is 6.10 Å². The van der Waals surface area contributed by atoms with E-state index in [1.807, 2.05) is 13.8 Å². The predicted octanol–water partition coefficient (Wildman–Crippen LogP) is 5.22. The summed E-state index contributed by atoms with van der Waals surface area (Å²) in [6.07, 6.45) is 18.5. The van der Waals surface area contributed by atoms with Crippen LogP contribution in [0.3, 0.4) is 0 Å². The Kier molecular flexibility index (Phi) is 11.6. The molecule has 0 aromatic rings. The molecule has 1 rings (SSSR count). The first-order valence-electron chi connectivity index (χ1n) is 7.13. The van der Waals surface area contributed by atoms with Gasteiger partial charge in [0.2, 0.25) is 0 Å². The average Bonchev–Trinajstić information content (AvgIpc) is 2.70. The molecule has 0 heterocycles. The molecule has 0 aliphatic heterocycles. The van der Waals surface area contributed by atoms with Gasteiger partial charge in [0.1, 0.15) is 0 Å². The summed E-state index contributed by atoms with van der Waals surface area (Å²) < 4.78 is 5.87. The van der Waals surface area contributed by atoms with Crippen molar-refractivity contribution in [2.45, 2.75) is 53.1 Å². The molecule has 0 saturated heterocycles. The van der Waals surface area contributed by atoms with E-state index in [4.69, 9.17) is 4.74 Å². The largest absolute Gasteiger partial charge is 0.369 e. The Balaban J connectivity index is 0.00000137. The number of ether oxygens (including phenoxy) is 1. The summed E-state index contributed by atoms with van der Waals surface area (Å²) in [6, 6.07) is 0. The van der Waals surface area contributed by atoms with Gasteiger partial charge in [-0.15, -0.1) is 0 Å². The van der Waals surface area contributed by atoms with Gasteiger partial charge in [0.25, 0.3) is 0 Å². The van der Waals surface area contributed by atoms with Crippen LogP contribution in [-0.2, 0) is 4.74 Å². The van der Waals surface area contributed by atoms with E-state index in [9.17, 15) is 0 Å². The minimum atomic E-state index is 0.264. The van der Waals surface area contributed by atoms with Crippen LogP contribution in [0.1, 0.15) is 47.0 Å². The Bertz CT molecular complexity index is 295. The van der Waals surface area contributed by atoms with Crippen LogP contribution >= 0.6 is 0 Å². The van der Waals surface area contributed by atoms with Crippen molar-refractivity contribution in [1.82, 2.24) is 0 Å². The molecule has 0 bridgehead atoms. The summed E-state index contributed by atoms with van der Waals surface area (Å²) in [4.78, 5) is 0. The second-order valence-electron chi connectivity index (χ2n) is 3.91. The summed E-state index contributed by atoms with van der Waals surface area (Å²) >= 11 is 0. The molecule has 0 fully saturated rings. The maximum absolute atomic E-state index is 5.87. The van der Waals surface area contributed by atoms with E-state index < -0.39 is 0 Å². The Labute approximate surface area is 113 Å². The number of hydrogen-bond acceptors (Lipinski definition) is 1. The zero-order valence-electron chi connectivity index (χ0n) is 12.4. The monoisotopic (exact) mass is 248 g/mol. The van der Waals surface area contributed by atoms with Gasteiger partial charge in [-0.3, -0.25) is 0 Å². The van der Waals surface area contributed by atoms with Gasteiger partial charge in [-0.25, -0.2) is 0 Å². The highest BCUT2D eigenvalue weighted by Gasteiger charge is 2.05. The highest BCUT2D eigenvalue weighted by atomic mass is 16.5. The molecular formula is C17H28O. The fourth-order valence-corrected chi connectivity index (χ4v) is 1.56. The van der Waals surface area contributed by atoms with Gasteiger partial charge in [-0.05, 0) is 31.8 Å². The molecule has 0 radical (unpaired) electrons. The fraction of sp³-hybridized carbons (Fsp3) is 0.529. The molecule has 0 N–H and O–H groups in total. The first kappa shape index (κ1) is 16.9. The molecule has 0 amide bonds. The number of rotatable bonds is 5. The summed E-state index contributed by atoms with van der Waals surface area (Å²) in [7, 11) is 0. The molecule has 0 aromatic heterocycles. The first-order valence-corrected chi connectivity index (χ1v) is 7.13. The predicted molar refractivity (Wildman–Crippen MR) is 81.8 cm³/mol. The van der Waals surface area contributed by atoms with E-state index in [1.54, 1.807) is 0 Å². The van der Waals surface area contributed by atoms with Crippen molar-refractivity contribution in [3.63, 3.8) is 0 Å². The standard InChI is InChI=1S/C15H22O.C2H6/c1-3-5-10-14(4-2)13-16-15-11-8-6-7-9-12-15;1-2/h4-8,10-11,15H,3,9,12-13H2,1-2H3;1-2H3/b10-5-,14-4+;. The molecular weight excluding hydrogens is 220 g/mol. The summed E-state index contributed by atoms with van der Waals surface area (Å²) in [5.74, 6) is 0. The Morgan fingerprint density at radius 1 is 1.33 bits per heavy atom. The Morgan fingerprint density at radius 3 is 2.78 bits per heavy atom. The van der Waals surface area contributed by atoms with Crippen LogP contribution in [0, 0.1) is 0 Å². The van der Waals surface area contributed by atoms with Crippen LogP contribution in [0.2, 0.25) is 0 Å². The minimum Gasteiger partial charge on any atom is -0.369 e. The number of hydrogen-bond donors (Lipinski definition) is 0. The second kappa shape index (κ2) is 12.4. The molecule has 1 nitrogen and oxygen atoms in total. The lowest BCUT2D eigenvalue weighted by atomic mass is 10.2. The van der Waals surface area contributed by atoms with Crippen LogP contribution in [0.4, 0.5) is 0 Å². The molecule has 102 valence electrons. The van der Waals surface area contributed by atoms with Crippen molar-refractivity contribution in [2.75, 3.05) is 6.61 Å². The van der Waals surface area contributed by atoms with Crippen LogP contribution < -0.4 is 0 Å². The van der Waals surface area contributed by atoms with E-state index in [2.05, 4.69) is 56.4 Å². The van der Waals surface area contributed by atoms with E-state index in [0.717, 1.165) is 19.3 Å². The van der Waals surface area contributed by atoms with Crippen molar-refractivity contribution in [1.29, 1.82) is 0 Å². The second-order valence-corrected chi connectivity index (χ2v) is 3.91. The van der Waals surface area contributed by atoms with Crippen molar-refractivity contribution in [3.8, 4) is 0 Å². The number of allylic oxidation sites excluding steroid dienone is 5. The summed E-state index contributed by atoms with van der Waals surface area (Å²) in [5.41, 5.74) is 1.26. The maximum atomic E-state index is 5.87. The Morgan fingerprint density at radius 2 is 2.11 bits per heavy atom. The van der Waals surface area contributed by atoms with E-state index in [1.165, 1.54) is 5.57 Å². The third kappa shape index (κ3) is 8.08. The SMILES string of the molecule is C/C=C(\C=C/CC)COC1C=CC=CCC1.CC. The van der Waals surface area contributed by atoms with Crippen LogP contribution in [-0.4, -0.2) is 12.7 Å². The molecule has 1 aliphatic rings. The molecule has 1 heteroatoms. The maximum Gasteiger partial charge on any atom is 0.0766 e. The molecule has 1 atom stereocenters. The zero-order chi connectivity index (χ0) is 13.6. The smallest absolute Gasteiger partial charge is 0.0766 e. The lowest BCUT2D eigenvalue weighted by Crippen LogP contribution is -2.10. The van der Waals surface area contributed by atoms with Gasteiger partial charge in [0.15, 0.2) is 0 Å².